The molecule has 130 valence electrons. The number of carbonyl (C=O) groups is 2. The van der Waals surface area contributed by atoms with E-state index in [0.29, 0.717) is 0 Å². The van der Waals surface area contributed by atoms with Crippen LogP contribution in [0.5, 0.6) is 5.75 Å². The number of ether oxygens (including phenoxy) is 1. The fraction of sp³-hybridized carbons (Fsp3) is 0.500. The van der Waals surface area contributed by atoms with Gasteiger partial charge in [-0.15, -0.1) is 0 Å². The van der Waals surface area contributed by atoms with Crippen LogP contribution in [0.25, 0.3) is 0 Å². The lowest BCUT2D eigenvalue weighted by Crippen LogP contribution is -2.44. The van der Waals surface area contributed by atoms with Crippen LogP contribution in [0.3, 0.4) is 0 Å². The highest BCUT2D eigenvalue weighted by molar-refractivity contribution is 5.97. The summed E-state index contributed by atoms with van der Waals surface area (Å²) < 4.78 is 5.22. The van der Waals surface area contributed by atoms with Crippen molar-refractivity contribution in [3.63, 3.8) is 0 Å². The van der Waals surface area contributed by atoms with Crippen LogP contribution in [-0.4, -0.2) is 40.8 Å². The van der Waals surface area contributed by atoms with E-state index in [1.54, 1.807) is 6.92 Å². The minimum atomic E-state index is -0.601. The molecule has 2 rings (SSSR count). The van der Waals surface area contributed by atoms with E-state index >= 15 is 0 Å². The zero-order chi connectivity index (χ0) is 17.7. The second-order valence-electron chi connectivity index (χ2n) is 5.71. The summed E-state index contributed by atoms with van der Waals surface area (Å²) in [5.41, 5.74) is 5.14. The Kier molecular flexibility index (Phi) is 5.73. The molecule has 0 saturated heterocycles. The molecule has 0 heterocycles. The van der Waals surface area contributed by atoms with E-state index in [-0.39, 0.29) is 36.2 Å². The van der Waals surface area contributed by atoms with Crippen molar-refractivity contribution < 1.29 is 19.2 Å². The van der Waals surface area contributed by atoms with Crippen LogP contribution in [0.1, 0.15) is 43.0 Å². The van der Waals surface area contributed by atoms with Gasteiger partial charge in [-0.2, -0.15) is 0 Å². The average molecular weight is 335 g/mol. The average Bonchev–Trinajstić information content (AvgIpc) is 3.06. The highest BCUT2D eigenvalue weighted by Gasteiger charge is 2.30. The molecule has 0 atom stereocenters. The summed E-state index contributed by atoms with van der Waals surface area (Å²) in [4.78, 5) is 36.1. The molecule has 0 spiro atoms. The topological polar surface area (TPSA) is 116 Å². The quantitative estimate of drug-likeness (QED) is 0.603. The van der Waals surface area contributed by atoms with Gasteiger partial charge in [-0.25, -0.2) is 0 Å². The molecule has 1 aromatic carbocycles. The Morgan fingerprint density at radius 3 is 2.58 bits per heavy atom. The van der Waals surface area contributed by atoms with E-state index in [2.05, 4.69) is 0 Å². The number of rotatable bonds is 7. The largest absolute Gasteiger partial charge is 0.487 e. The Morgan fingerprint density at radius 1 is 1.38 bits per heavy atom. The third kappa shape index (κ3) is 4.01. The fourth-order valence-corrected chi connectivity index (χ4v) is 2.99. The highest BCUT2D eigenvalue weighted by atomic mass is 16.6. The van der Waals surface area contributed by atoms with Crippen molar-refractivity contribution in [1.29, 1.82) is 0 Å². The molecule has 1 fully saturated rings. The summed E-state index contributed by atoms with van der Waals surface area (Å²) in [6.45, 7) is 1.81. The van der Waals surface area contributed by atoms with Crippen LogP contribution in [0.2, 0.25) is 0 Å². The van der Waals surface area contributed by atoms with E-state index in [1.807, 2.05) is 0 Å². The maximum Gasteiger partial charge on any atom is 0.311 e. The summed E-state index contributed by atoms with van der Waals surface area (Å²) in [7, 11) is 0. The van der Waals surface area contributed by atoms with Gasteiger partial charge in [-0.05, 0) is 31.9 Å². The second kappa shape index (κ2) is 7.76. The molecule has 0 unspecified atom stereocenters. The lowest BCUT2D eigenvalue weighted by molar-refractivity contribution is -0.385. The Bertz CT molecular complexity index is 641. The standard InChI is InChI=1S/C16H21N3O5/c1-2-24-14-8-7-11(9-13(14)19(22)23)16(21)18(10-15(17)20)12-5-3-4-6-12/h7-9,12H,2-6,10H2,1H3,(H2,17,20). The molecule has 0 aromatic heterocycles. The van der Waals surface area contributed by atoms with Crippen LogP contribution < -0.4 is 10.5 Å². The number of nitro benzene ring substituents is 1. The maximum absolute atomic E-state index is 12.8. The first kappa shape index (κ1) is 17.7. The van der Waals surface area contributed by atoms with E-state index in [0.717, 1.165) is 25.7 Å². The van der Waals surface area contributed by atoms with Gasteiger partial charge in [0.2, 0.25) is 5.91 Å². The Morgan fingerprint density at radius 2 is 2.04 bits per heavy atom. The van der Waals surface area contributed by atoms with Crippen molar-refractivity contribution in [1.82, 2.24) is 4.90 Å². The lowest BCUT2D eigenvalue weighted by Gasteiger charge is -2.27. The van der Waals surface area contributed by atoms with Crippen molar-refractivity contribution in [3.05, 3.63) is 33.9 Å². The monoisotopic (exact) mass is 335 g/mol. The molecule has 1 aliphatic carbocycles. The SMILES string of the molecule is CCOc1ccc(C(=O)N(CC(N)=O)C2CCCC2)cc1[N+](=O)[O-]. The van der Waals surface area contributed by atoms with E-state index < -0.39 is 16.7 Å². The van der Waals surface area contributed by atoms with Gasteiger partial charge in [0.1, 0.15) is 0 Å². The van der Waals surface area contributed by atoms with Gasteiger partial charge in [0.05, 0.1) is 18.1 Å². The number of amides is 2. The van der Waals surface area contributed by atoms with Gasteiger partial charge in [-0.3, -0.25) is 19.7 Å². The summed E-state index contributed by atoms with van der Waals surface area (Å²) >= 11 is 0. The highest BCUT2D eigenvalue weighted by Crippen LogP contribution is 2.30. The molecular formula is C16H21N3O5. The molecule has 0 radical (unpaired) electrons. The zero-order valence-corrected chi connectivity index (χ0v) is 13.6. The van der Waals surface area contributed by atoms with Gasteiger partial charge in [-0.1, -0.05) is 12.8 Å². The van der Waals surface area contributed by atoms with Crippen LogP contribution in [-0.2, 0) is 4.79 Å². The third-order valence-electron chi connectivity index (χ3n) is 4.05. The first-order chi connectivity index (χ1) is 11.4. The predicted molar refractivity (Wildman–Crippen MR) is 86.8 cm³/mol. The van der Waals surface area contributed by atoms with Crippen molar-refractivity contribution in [2.45, 2.75) is 38.6 Å². The number of hydrogen-bond donors (Lipinski definition) is 1. The molecule has 8 nitrogen and oxygen atoms in total. The van der Waals surface area contributed by atoms with Crippen LogP contribution >= 0.6 is 0 Å². The number of nitrogens with zero attached hydrogens (tertiary/aromatic N) is 2. The Hall–Kier alpha value is -2.64. The first-order valence-electron chi connectivity index (χ1n) is 7.94. The van der Waals surface area contributed by atoms with Crippen molar-refractivity contribution in [3.8, 4) is 5.75 Å². The van der Waals surface area contributed by atoms with E-state index in [1.165, 1.54) is 23.1 Å². The van der Waals surface area contributed by atoms with Crippen molar-refractivity contribution in [2.75, 3.05) is 13.2 Å². The van der Waals surface area contributed by atoms with Crippen LogP contribution in [0.4, 0.5) is 5.69 Å². The van der Waals surface area contributed by atoms with Gasteiger partial charge in [0, 0.05) is 17.7 Å². The molecule has 24 heavy (non-hydrogen) atoms. The molecule has 8 heteroatoms. The smallest absolute Gasteiger partial charge is 0.311 e. The van der Waals surface area contributed by atoms with Gasteiger partial charge < -0.3 is 15.4 Å². The lowest BCUT2D eigenvalue weighted by atomic mass is 10.1. The van der Waals surface area contributed by atoms with Crippen molar-refractivity contribution >= 4 is 17.5 Å². The molecule has 2 amide bonds. The summed E-state index contributed by atoms with van der Waals surface area (Å²) in [5.74, 6) is -0.913. The molecule has 1 aromatic rings. The van der Waals surface area contributed by atoms with Gasteiger partial charge in [0.15, 0.2) is 5.75 Å². The molecule has 0 aliphatic heterocycles. The molecule has 1 saturated carbocycles. The van der Waals surface area contributed by atoms with Gasteiger partial charge in [0.25, 0.3) is 5.91 Å². The van der Waals surface area contributed by atoms with Crippen LogP contribution in [0, 0.1) is 10.1 Å². The minimum Gasteiger partial charge on any atom is -0.487 e. The van der Waals surface area contributed by atoms with E-state index in [4.69, 9.17) is 10.5 Å². The second-order valence-corrected chi connectivity index (χ2v) is 5.71. The normalized spacial score (nSPS) is 14.4. The molecule has 0 bridgehead atoms. The first-order valence-corrected chi connectivity index (χ1v) is 7.94. The zero-order valence-electron chi connectivity index (χ0n) is 13.6. The Labute approximate surface area is 139 Å². The Balaban J connectivity index is 2.32. The number of hydrogen-bond acceptors (Lipinski definition) is 5. The molecular weight excluding hydrogens is 314 g/mol. The van der Waals surface area contributed by atoms with Crippen LogP contribution in [0.15, 0.2) is 18.2 Å². The number of nitro groups is 1. The summed E-state index contributed by atoms with van der Waals surface area (Å²) in [6, 6.07) is 4.02. The van der Waals surface area contributed by atoms with E-state index in [9.17, 15) is 19.7 Å². The third-order valence-corrected chi connectivity index (χ3v) is 4.05. The summed E-state index contributed by atoms with van der Waals surface area (Å²) in [6.07, 6.45) is 3.57. The van der Waals surface area contributed by atoms with Gasteiger partial charge >= 0.3 is 5.69 Å². The fourth-order valence-electron chi connectivity index (χ4n) is 2.99. The molecule has 1 aliphatic rings. The number of carbonyl (C=O) groups excluding carboxylic acids is 2. The number of nitrogens with two attached hydrogens (primary N) is 1. The summed E-state index contributed by atoms with van der Waals surface area (Å²) in [5, 5.41) is 11.2. The minimum absolute atomic E-state index is 0.0596. The predicted octanol–water partition coefficient (Wildman–Crippen LogP) is 1.86. The number of primary amides is 1. The maximum atomic E-state index is 12.8. The number of benzene rings is 1. The molecule has 2 N–H and O–H groups in total. The van der Waals surface area contributed by atoms with Crippen molar-refractivity contribution in [2.24, 2.45) is 5.73 Å².